The van der Waals surface area contributed by atoms with Crippen molar-refractivity contribution in [1.29, 1.82) is 0 Å². The molecule has 8 N–H and O–H groups in total. The summed E-state index contributed by atoms with van der Waals surface area (Å²) in [6, 6.07) is 0. The third kappa shape index (κ3) is 1910. The van der Waals surface area contributed by atoms with Crippen LogP contribution in [0.3, 0.4) is 0 Å². The van der Waals surface area contributed by atoms with Crippen molar-refractivity contribution in [1.82, 2.24) is 0 Å². The first kappa shape index (κ1) is 56.0. The van der Waals surface area contributed by atoms with Crippen LogP contribution in [0.25, 0.3) is 0 Å². The minimum Gasteiger partial charge on any atom is -0.550 e. The summed E-state index contributed by atoms with van der Waals surface area (Å²) in [5, 5.41) is 17.8. The second-order valence-corrected chi connectivity index (χ2v) is 0.983. The van der Waals surface area contributed by atoms with E-state index in [1.165, 1.54) is 0 Å². The zero-order chi connectivity index (χ0) is 7.15. The van der Waals surface area contributed by atoms with Crippen LogP contribution in [0.1, 0.15) is 13.8 Å². The molecule has 0 atom stereocenters. The van der Waals surface area contributed by atoms with E-state index in [1.807, 2.05) is 0 Å². The van der Waals surface area contributed by atoms with Crippen molar-refractivity contribution >= 4 is 11.9 Å². The molecule has 0 aliphatic heterocycles. The zero-order valence-corrected chi connectivity index (χ0v) is 8.01. The molecule has 0 aromatic carbocycles. The standard InChI is InChI=1S/2C2H4O2.Co.4H2O/c2*1-2(3)4;;;;;/h2*1H3,(H,3,4);;4*1H2/q;;+2;;;;/p-2. The van der Waals surface area contributed by atoms with E-state index in [1.54, 1.807) is 0 Å². The van der Waals surface area contributed by atoms with Crippen LogP contribution in [0.2, 0.25) is 0 Å². The van der Waals surface area contributed by atoms with Gasteiger partial charge in [0, 0.05) is 11.9 Å². The molecule has 0 heterocycles. The third-order valence-electron chi connectivity index (χ3n) is 0. The molecule has 0 fully saturated rings. The first-order valence-electron chi connectivity index (χ1n) is 1.82. The van der Waals surface area contributed by atoms with Gasteiger partial charge in [0.2, 0.25) is 0 Å². The summed E-state index contributed by atoms with van der Waals surface area (Å²) in [7, 11) is 0. The number of aliphatic carboxylic acids is 2. The van der Waals surface area contributed by atoms with Crippen LogP contribution in [0.15, 0.2) is 0 Å². The fourth-order valence-corrected chi connectivity index (χ4v) is 0. The van der Waals surface area contributed by atoms with Gasteiger partial charge in [0.1, 0.15) is 0 Å². The van der Waals surface area contributed by atoms with E-state index in [0.717, 1.165) is 13.8 Å². The fraction of sp³-hybridized carbons (Fsp3) is 0.500. The molecular weight excluding hydrogens is 235 g/mol. The number of carbonyl (C=O) groups is 2. The number of hydrogen-bond acceptors (Lipinski definition) is 4. The van der Waals surface area contributed by atoms with Crippen LogP contribution in [0.5, 0.6) is 0 Å². The molecule has 0 amide bonds. The van der Waals surface area contributed by atoms with E-state index in [0.29, 0.717) is 0 Å². The first-order valence-corrected chi connectivity index (χ1v) is 1.82. The maximum Gasteiger partial charge on any atom is 2.00 e. The summed E-state index contributed by atoms with van der Waals surface area (Å²) in [6.45, 7) is 1.94. The molecule has 1 radical (unpaired) electrons. The summed E-state index contributed by atoms with van der Waals surface area (Å²) in [5.74, 6) is -2.17. The van der Waals surface area contributed by atoms with E-state index in [2.05, 4.69) is 0 Å². The Labute approximate surface area is 85.0 Å². The van der Waals surface area contributed by atoms with Crippen molar-refractivity contribution in [3.05, 3.63) is 0 Å². The maximum absolute atomic E-state index is 8.89. The van der Waals surface area contributed by atoms with E-state index < -0.39 is 11.9 Å². The molecular formula is C4H14CoO8. The van der Waals surface area contributed by atoms with Gasteiger partial charge < -0.3 is 41.7 Å². The Bertz CT molecular complexity index is 74.1. The van der Waals surface area contributed by atoms with E-state index in [9.17, 15) is 0 Å². The molecule has 0 bridgehead atoms. The van der Waals surface area contributed by atoms with E-state index in [4.69, 9.17) is 19.8 Å². The fourth-order valence-electron chi connectivity index (χ4n) is 0. The van der Waals surface area contributed by atoms with Gasteiger partial charge in [0.15, 0.2) is 0 Å². The molecule has 0 saturated heterocycles. The molecule has 0 rings (SSSR count). The molecule has 13 heavy (non-hydrogen) atoms. The van der Waals surface area contributed by atoms with Gasteiger partial charge in [-0.05, 0) is 13.8 Å². The Hall–Kier alpha value is -0.714. The van der Waals surface area contributed by atoms with Crippen molar-refractivity contribution in [2.24, 2.45) is 0 Å². The average molecular weight is 249 g/mol. The molecule has 87 valence electrons. The van der Waals surface area contributed by atoms with Crippen LogP contribution in [-0.2, 0) is 26.4 Å². The summed E-state index contributed by atoms with van der Waals surface area (Å²) in [5.41, 5.74) is 0. The second-order valence-electron chi connectivity index (χ2n) is 0.983. The van der Waals surface area contributed by atoms with Crippen LogP contribution in [0, 0.1) is 0 Å². The maximum atomic E-state index is 8.89. The Morgan fingerprint density at radius 3 is 0.769 bits per heavy atom. The van der Waals surface area contributed by atoms with E-state index >= 15 is 0 Å². The normalized spacial score (nSPS) is 3.85. The van der Waals surface area contributed by atoms with Gasteiger partial charge in [0.05, 0.1) is 0 Å². The van der Waals surface area contributed by atoms with Crippen LogP contribution >= 0.6 is 0 Å². The van der Waals surface area contributed by atoms with Gasteiger partial charge in [-0.25, -0.2) is 0 Å². The number of carboxylic acids is 2. The van der Waals surface area contributed by atoms with Gasteiger partial charge in [0.25, 0.3) is 0 Å². The van der Waals surface area contributed by atoms with Crippen LogP contribution < -0.4 is 10.2 Å². The number of rotatable bonds is 0. The van der Waals surface area contributed by atoms with Crippen LogP contribution in [0.4, 0.5) is 0 Å². The average Bonchev–Trinajstić information content (AvgIpc) is 1.25. The monoisotopic (exact) mass is 249 g/mol. The summed E-state index contributed by atoms with van der Waals surface area (Å²) >= 11 is 0. The molecule has 0 saturated carbocycles. The molecule has 9 heteroatoms. The zero-order valence-electron chi connectivity index (χ0n) is 6.97. The molecule has 0 aliphatic carbocycles. The number of hydrogen-bond donors (Lipinski definition) is 0. The van der Waals surface area contributed by atoms with Gasteiger partial charge in [-0.1, -0.05) is 0 Å². The van der Waals surface area contributed by atoms with Crippen LogP contribution in [-0.4, -0.2) is 33.8 Å². The topological polar surface area (TPSA) is 206 Å². The molecule has 0 aromatic rings. The Morgan fingerprint density at radius 1 is 0.769 bits per heavy atom. The molecule has 0 spiro atoms. The number of carboxylic acid groups (broad SMARTS) is 2. The summed E-state index contributed by atoms with van der Waals surface area (Å²) in [6.07, 6.45) is 0. The minimum atomic E-state index is -1.08. The predicted octanol–water partition coefficient (Wildman–Crippen LogP) is -5.79. The largest absolute Gasteiger partial charge is 2.00 e. The van der Waals surface area contributed by atoms with Crippen molar-refractivity contribution in [3.8, 4) is 0 Å². The Kier molecular flexibility index (Phi) is 184. The van der Waals surface area contributed by atoms with Crippen molar-refractivity contribution in [2.75, 3.05) is 0 Å². The van der Waals surface area contributed by atoms with Crippen molar-refractivity contribution in [2.45, 2.75) is 13.8 Å². The summed E-state index contributed by atoms with van der Waals surface area (Å²) < 4.78 is 0. The molecule has 0 aliphatic rings. The number of carbonyl (C=O) groups excluding carboxylic acids is 2. The third-order valence-corrected chi connectivity index (χ3v) is 0. The van der Waals surface area contributed by atoms with Gasteiger partial charge >= 0.3 is 16.8 Å². The van der Waals surface area contributed by atoms with Gasteiger partial charge in [-0.2, -0.15) is 0 Å². The quantitative estimate of drug-likeness (QED) is 0.410. The van der Waals surface area contributed by atoms with Crippen molar-refractivity contribution in [3.63, 3.8) is 0 Å². The summed E-state index contributed by atoms with van der Waals surface area (Å²) in [4.78, 5) is 17.8. The molecule has 0 aromatic heterocycles. The second kappa shape index (κ2) is 42.7. The van der Waals surface area contributed by atoms with Crippen molar-refractivity contribution < 1.29 is 58.5 Å². The predicted molar refractivity (Wildman–Crippen MR) is 35.8 cm³/mol. The first-order chi connectivity index (χ1) is 3.46. The Morgan fingerprint density at radius 2 is 0.769 bits per heavy atom. The smallest absolute Gasteiger partial charge is 0.550 e. The van der Waals surface area contributed by atoms with Gasteiger partial charge in [-0.15, -0.1) is 0 Å². The molecule has 0 unspecified atom stereocenters. The SMILES string of the molecule is CC(=O)[O-].CC(=O)[O-].O.O.O.O.[Co+2]. The van der Waals surface area contributed by atoms with Gasteiger partial charge in [-0.3, -0.25) is 0 Å². The molecule has 8 nitrogen and oxygen atoms in total. The van der Waals surface area contributed by atoms with E-state index in [-0.39, 0.29) is 38.7 Å². The minimum absolute atomic E-state index is 0. The Balaban J connectivity index is -0.00000000800.